The van der Waals surface area contributed by atoms with Gasteiger partial charge in [0, 0.05) is 36.1 Å². The first-order chi connectivity index (χ1) is 15.3. The zero-order valence-corrected chi connectivity index (χ0v) is 19.8. The van der Waals surface area contributed by atoms with E-state index in [1.54, 1.807) is 25.4 Å². The lowest BCUT2D eigenvalue weighted by Gasteiger charge is -2.41. The molecule has 0 saturated carbocycles. The smallest absolute Gasteiger partial charge is 0.243 e. The Bertz CT molecular complexity index is 985. The van der Waals surface area contributed by atoms with Crippen molar-refractivity contribution in [2.75, 3.05) is 26.7 Å². The third-order valence-electron chi connectivity index (χ3n) is 6.78. The Balaban J connectivity index is 1.97. The Kier molecular flexibility index (Phi) is 6.21. The molecule has 1 aromatic rings. The maximum atomic E-state index is 17.9. The molecule has 172 valence electrons. The van der Waals surface area contributed by atoms with Gasteiger partial charge in [0.05, 0.1) is 17.6 Å². The molecule has 0 aromatic carbocycles. The van der Waals surface area contributed by atoms with Gasteiger partial charge in [-0.2, -0.15) is 0 Å². The number of rotatable bonds is 5. The summed E-state index contributed by atoms with van der Waals surface area (Å²) < 4.78 is 17.9. The molecule has 6 nitrogen and oxygen atoms in total. The molecule has 4 rings (SSSR count). The molecule has 1 amide bonds. The van der Waals surface area contributed by atoms with E-state index in [-0.39, 0.29) is 17.5 Å². The van der Waals surface area contributed by atoms with Crippen LogP contribution in [0.1, 0.15) is 50.1 Å². The number of nitrogens with one attached hydrogen (secondary N) is 2. The fraction of sp³-hybridized carbons (Fsp3) is 0.560. The molecule has 0 aliphatic carbocycles. The van der Waals surface area contributed by atoms with Crippen molar-refractivity contribution in [3.8, 4) is 0 Å². The maximum Gasteiger partial charge on any atom is 0.243 e. The number of amides is 1. The molecule has 0 spiro atoms. The highest BCUT2D eigenvalue weighted by Crippen LogP contribution is 2.47. The number of likely N-dealkylation sites (N-methyl/N-ethyl adjacent to an activating group) is 1. The van der Waals surface area contributed by atoms with Crippen LogP contribution in [0.5, 0.6) is 0 Å². The van der Waals surface area contributed by atoms with E-state index in [9.17, 15) is 4.79 Å². The molecular formula is C25H34FN5O. The van der Waals surface area contributed by atoms with E-state index in [4.69, 9.17) is 0 Å². The van der Waals surface area contributed by atoms with Crippen LogP contribution in [0.25, 0.3) is 0 Å². The van der Waals surface area contributed by atoms with Gasteiger partial charge in [-0.15, -0.1) is 0 Å². The molecule has 4 heterocycles. The Labute approximate surface area is 190 Å². The normalized spacial score (nSPS) is 24.6. The minimum absolute atomic E-state index is 0.162. The van der Waals surface area contributed by atoms with E-state index < -0.39 is 11.7 Å². The lowest BCUT2D eigenvalue weighted by Crippen LogP contribution is -2.58. The first-order valence-electron chi connectivity index (χ1n) is 11.6. The number of pyridine rings is 1. The van der Waals surface area contributed by atoms with Gasteiger partial charge >= 0.3 is 0 Å². The number of alkyl halides is 1. The standard InChI is InChI=1S/C25H34FN5O/c1-15(2)19-13-28-20-14-29-23(22(24(32)27-5)31-9-7-6-8-10-31)25(26,21(19)20)18-11-16(3)30-17(4)12-18/h11-12,14-15,22,28H,6-10,13H2,1-5H3,(H,27,32). The van der Waals surface area contributed by atoms with Crippen LogP contribution in [0.3, 0.4) is 0 Å². The van der Waals surface area contributed by atoms with Crippen LogP contribution in [0.15, 0.2) is 40.2 Å². The summed E-state index contributed by atoms with van der Waals surface area (Å²) in [6.07, 6.45) is 4.83. The highest BCUT2D eigenvalue weighted by atomic mass is 19.1. The molecule has 32 heavy (non-hydrogen) atoms. The average molecular weight is 440 g/mol. The highest BCUT2D eigenvalue weighted by molar-refractivity contribution is 6.15. The second kappa shape index (κ2) is 8.77. The molecule has 3 aliphatic rings. The first kappa shape index (κ1) is 22.6. The number of aliphatic imine (C=N–C) groups is 1. The van der Waals surface area contributed by atoms with Gasteiger partial charge in [0.25, 0.3) is 0 Å². The van der Waals surface area contributed by atoms with Crippen molar-refractivity contribution in [3.05, 3.63) is 52.1 Å². The summed E-state index contributed by atoms with van der Waals surface area (Å²) in [5.74, 6) is -0.0555. The second-order valence-electron chi connectivity index (χ2n) is 9.38. The monoisotopic (exact) mass is 439 g/mol. The molecule has 2 N–H and O–H groups in total. The van der Waals surface area contributed by atoms with Crippen LogP contribution in [-0.4, -0.2) is 54.2 Å². The molecule has 1 aromatic heterocycles. The lowest BCUT2D eigenvalue weighted by atomic mass is 9.75. The quantitative estimate of drug-likeness (QED) is 0.739. The van der Waals surface area contributed by atoms with Gasteiger partial charge in [-0.1, -0.05) is 20.3 Å². The fourth-order valence-corrected chi connectivity index (χ4v) is 5.26. The average Bonchev–Trinajstić information content (AvgIpc) is 3.21. The van der Waals surface area contributed by atoms with Crippen molar-refractivity contribution in [2.24, 2.45) is 10.9 Å². The maximum absolute atomic E-state index is 17.9. The Morgan fingerprint density at radius 1 is 1.19 bits per heavy atom. The number of fused-ring (bicyclic) bond motifs is 1. The predicted octanol–water partition coefficient (Wildman–Crippen LogP) is 3.32. The van der Waals surface area contributed by atoms with Crippen molar-refractivity contribution in [3.63, 3.8) is 0 Å². The topological polar surface area (TPSA) is 69.6 Å². The number of hydrogen-bond acceptors (Lipinski definition) is 5. The largest absolute Gasteiger partial charge is 0.380 e. The summed E-state index contributed by atoms with van der Waals surface area (Å²) in [6.45, 7) is 10.0. The van der Waals surface area contributed by atoms with Crippen LogP contribution in [0.2, 0.25) is 0 Å². The summed E-state index contributed by atoms with van der Waals surface area (Å²) in [6, 6.07) is 2.83. The zero-order valence-electron chi connectivity index (χ0n) is 19.8. The summed E-state index contributed by atoms with van der Waals surface area (Å²) in [4.78, 5) is 24.4. The van der Waals surface area contributed by atoms with Crippen LogP contribution >= 0.6 is 0 Å². The fourth-order valence-electron chi connectivity index (χ4n) is 5.26. The van der Waals surface area contributed by atoms with Crippen LogP contribution < -0.4 is 10.6 Å². The van der Waals surface area contributed by atoms with Crippen LogP contribution in [0.4, 0.5) is 4.39 Å². The molecule has 1 saturated heterocycles. The third kappa shape index (κ3) is 3.76. The van der Waals surface area contributed by atoms with Crippen LogP contribution in [-0.2, 0) is 10.5 Å². The molecule has 7 heteroatoms. The van der Waals surface area contributed by atoms with Gasteiger partial charge in [0.1, 0.15) is 6.04 Å². The number of carbonyl (C=O) groups excluding carboxylic acids is 1. The van der Waals surface area contributed by atoms with E-state index in [0.29, 0.717) is 23.4 Å². The second-order valence-corrected chi connectivity index (χ2v) is 9.38. The van der Waals surface area contributed by atoms with Crippen LogP contribution in [0, 0.1) is 19.8 Å². The van der Waals surface area contributed by atoms with Crippen molar-refractivity contribution < 1.29 is 9.18 Å². The predicted molar refractivity (Wildman–Crippen MR) is 125 cm³/mol. The Morgan fingerprint density at radius 3 is 2.44 bits per heavy atom. The number of carbonyl (C=O) groups is 1. The molecule has 3 aliphatic heterocycles. The number of aryl methyl sites for hydroxylation is 2. The van der Waals surface area contributed by atoms with Gasteiger partial charge in [0.2, 0.25) is 11.6 Å². The summed E-state index contributed by atoms with van der Waals surface area (Å²) in [7, 11) is 1.61. The third-order valence-corrected chi connectivity index (χ3v) is 6.78. The molecule has 2 unspecified atom stereocenters. The van der Waals surface area contributed by atoms with E-state index in [0.717, 1.165) is 49.3 Å². The Hall–Kier alpha value is -2.54. The van der Waals surface area contributed by atoms with E-state index >= 15 is 4.39 Å². The molecule has 1 fully saturated rings. The van der Waals surface area contributed by atoms with Crippen molar-refractivity contribution in [2.45, 2.75) is 58.7 Å². The number of likely N-dealkylation sites (tertiary alicyclic amines) is 1. The zero-order chi connectivity index (χ0) is 23.0. The van der Waals surface area contributed by atoms with E-state index in [2.05, 4.69) is 39.4 Å². The molecular weight excluding hydrogens is 405 g/mol. The summed E-state index contributed by atoms with van der Waals surface area (Å²) in [5.41, 5.74) is 2.58. The number of piperidine rings is 1. The van der Waals surface area contributed by atoms with Gasteiger partial charge in [0.15, 0.2) is 0 Å². The molecule has 0 bridgehead atoms. The van der Waals surface area contributed by atoms with E-state index in [1.807, 2.05) is 13.8 Å². The van der Waals surface area contributed by atoms with Gasteiger partial charge in [-0.25, -0.2) is 4.39 Å². The van der Waals surface area contributed by atoms with Crippen molar-refractivity contribution >= 4 is 11.6 Å². The number of allylic oxidation sites excluding steroid dienone is 1. The van der Waals surface area contributed by atoms with Gasteiger partial charge in [-0.3, -0.25) is 19.7 Å². The molecule has 2 atom stereocenters. The summed E-state index contributed by atoms with van der Waals surface area (Å²) >= 11 is 0. The molecule has 0 radical (unpaired) electrons. The van der Waals surface area contributed by atoms with Crippen molar-refractivity contribution in [1.82, 2.24) is 20.5 Å². The highest BCUT2D eigenvalue weighted by Gasteiger charge is 2.53. The minimum atomic E-state index is -2.01. The van der Waals surface area contributed by atoms with E-state index in [1.165, 1.54) is 0 Å². The lowest BCUT2D eigenvalue weighted by molar-refractivity contribution is -0.124. The van der Waals surface area contributed by atoms with Gasteiger partial charge in [-0.05, 0) is 63.4 Å². The number of halogens is 1. The van der Waals surface area contributed by atoms with Crippen molar-refractivity contribution in [1.29, 1.82) is 0 Å². The first-order valence-corrected chi connectivity index (χ1v) is 11.6. The number of hydrogen-bond donors (Lipinski definition) is 2. The van der Waals surface area contributed by atoms with Gasteiger partial charge < -0.3 is 10.6 Å². The Morgan fingerprint density at radius 2 is 1.84 bits per heavy atom. The minimum Gasteiger partial charge on any atom is -0.380 e. The summed E-state index contributed by atoms with van der Waals surface area (Å²) in [5, 5.41) is 6.11. The number of nitrogens with zero attached hydrogens (tertiary/aromatic N) is 3. The number of aromatic nitrogens is 1. The SMILES string of the molecule is CNC(=O)C(C1=NC=C2NCC(C(C)C)=C2C1(F)c1cc(C)nc(C)c1)N1CCCCC1.